The summed E-state index contributed by atoms with van der Waals surface area (Å²) in [6.45, 7) is 7.81. The van der Waals surface area contributed by atoms with Crippen molar-refractivity contribution in [3.8, 4) is 17.0 Å². The molecule has 0 spiro atoms. The average Bonchev–Trinajstić information content (AvgIpc) is 2.55. The fraction of sp³-hybridized carbons (Fsp3) is 0.357. The highest BCUT2D eigenvalue weighted by Gasteiger charge is 2.23. The number of aromatic nitrogens is 2. The first-order valence-electron chi connectivity index (χ1n) is 5.85. The lowest BCUT2D eigenvalue weighted by Crippen LogP contribution is -2.24. The van der Waals surface area contributed by atoms with Gasteiger partial charge >= 0.3 is 0 Å². The Morgan fingerprint density at radius 2 is 1.94 bits per heavy atom. The number of aromatic hydroxyl groups is 1. The van der Waals surface area contributed by atoms with Crippen LogP contribution in [0.1, 0.15) is 26.5 Å². The first-order chi connectivity index (χ1) is 8.30. The predicted molar refractivity (Wildman–Crippen MR) is 69.0 cm³/mol. The molecule has 0 saturated heterocycles. The van der Waals surface area contributed by atoms with E-state index in [9.17, 15) is 9.50 Å². The Hall–Kier alpha value is -1.84. The second kappa shape index (κ2) is 4.12. The van der Waals surface area contributed by atoms with Crippen molar-refractivity contribution in [3.05, 3.63) is 35.8 Å². The van der Waals surface area contributed by atoms with Crippen LogP contribution in [0.2, 0.25) is 0 Å². The van der Waals surface area contributed by atoms with Crippen LogP contribution in [0, 0.1) is 12.7 Å². The van der Waals surface area contributed by atoms with Crippen LogP contribution in [-0.4, -0.2) is 14.9 Å². The average molecular weight is 248 g/mol. The van der Waals surface area contributed by atoms with Crippen LogP contribution < -0.4 is 0 Å². The fourth-order valence-electron chi connectivity index (χ4n) is 1.98. The van der Waals surface area contributed by atoms with Gasteiger partial charge in [-0.05, 0) is 39.8 Å². The maximum absolute atomic E-state index is 13.2. The normalized spacial score (nSPS) is 11.8. The van der Waals surface area contributed by atoms with Crippen molar-refractivity contribution in [2.75, 3.05) is 0 Å². The van der Waals surface area contributed by atoms with Gasteiger partial charge in [-0.3, -0.25) is 4.68 Å². The molecule has 0 aliphatic rings. The molecule has 1 aromatic carbocycles. The molecule has 0 aliphatic heterocycles. The van der Waals surface area contributed by atoms with Crippen molar-refractivity contribution >= 4 is 0 Å². The van der Waals surface area contributed by atoms with Gasteiger partial charge in [-0.1, -0.05) is 12.1 Å². The third-order valence-electron chi connectivity index (χ3n) is 2.82. The van der Waals surface area contributed by atoms with E-state index in [0.29, 0.717) is 17.0 Å². The van der Waals surface area contributed by atoms with Crippen LogP contribution in [0.4, 0.5) is 4.39 Å². The van der Waals surface area contributed by atoms with Crippen molar-refractivity contribution in [2.45, 2.75) is 33.2 Å². The van der Waals surface area contributed by atoms with Crippen molar-refractivity contribution in [1.29, 1.82) is 0 Å². The van der Waals surface area contributed by atoms with Gasteiger partial charge in [-0.25, -0.2) is 4.39 Å². The lowest BCUT2D eigenvalue weighted by atomic mass is 10.1. The Labute approximate surface area is 106 Å². The highest BCUT2D eigenvalue weighted by molar-refractivity contribution is 5.67. The Morgan fingerprint density at radius 1 is 1.28 bits per heavy atom. The summed E-state index contributed by atoms with van der Waals surface area (Å²) in [7, 11) is 0. The molecule has 0 fully saturated rings. The molecule has 2 rings (SSSR count). The van der Waals surface area contributed by atoms with E-state index >= 15 is 0 Å². The summed E-state index contributed by atoms with van der Waals surface area (Å²) >= 11 is 0. The highest BCUT2D eigenvalue weighted by atomic mass is 19.1. The molecule has 3 nitrogen and oxygen atoms in total. The molecule has 2 aromatic rings. The number of nitrogens with zero attached hydrogens (tertiary/aromatic N) is 2. The van der Waals surface area contributed by atoms with Crippen LogP contribution >= 0.6 is 0 Å². The van der Waals surface area contributed by atoms with Gasteiger partial charge in [0, 0.05) is 5.56 Å². The van der Waals surface area contributed by atoms with Gasteiger partial charge in [-0.2, -0.15) is 5.10 Å². The molecule has 0 amide bonds. The Bertz CT molecular complexity index is 582. The van der Waals surface area contributed by atoms with Crippen molar-refractivity contribution in [3.63, 3.8) is 0 Å². The topological polar surface area (TPSA) is 38.1 Å². The minimum atomic E-state index is -0.338. The first kappa shape index (κ1) is 12.6. The van der Waals surface area contributed by atoms with Gasteiger partial charge in [-0.15, -0.1) is 0 Å². The third-order valence-corrected chi connectivity index (χ3v) is 2.82. The van der Waals surface area contributed by atoms with Gasteiger partial charge in [0.25, 0.3) is 0 Å². The molecule has 0 atom stereocenters. The van der Waals surface area contributed by atoms with E-state index in [-0.39, 0.29) is 17.1 Å². The van der Waals surface area contributed by atoms with Gasteiger partial charge in [0.15, 0.2) is 5.75 Å². The quantitative estimate of drug-likeness (QED) is 0.839. The van der Waals surface area contributed by atoms with E-state index < -0.39 is 0 Å². The zero-order valence-corrected chi connectivity index (χ0v) is 11.0. The molecular formula is C14H17FN2O. The first-order valence-corrected chi connectivity index (χ1v) is 5.85. The number of benzene rings is 1. The van der Waals surface area contributed by atoms with Gasteiger partial charge in [0.1, 0.15) is 11.5 Å². The summed E-state index contributed by atoms with van der Waals surface area (Å²) < 4.78 is 15.0. The van der Waals surface area contributed by atoms with Crippen LogP contribution in [0.25, 0.3) is 11.3 Å². The van der Waals surface area contributed by atoms with E-state index in [1.165, 1.54) is 12.1 Å². The number of halogens is 1. The maximum Gasteiger partial charge on any atom is 0.164 e. The lowest BCUT2D eigenvalue weighted by Gasteiger charge is -2.20. The Kier molecular flexibility index (Phi) is 2.89. The third kappa shape index (κ3) is 2.10. The van der Waals surface area contributed by atoms with Crippen LogP contribution in [0.3, 0.4) is 0 Å². The highest BCUT2D eigenvalue weighted by Crippen LogP contribution is 2.33. The molecule has 1 heterocycles. The minimum absolute atomic E-state index is 0.107. The maximum atomic E-state index is 13.2. The minimum Gasteiger partial charge on any atom is -0.504 e. The molecule has 4 heteroatoms. The van der Waals surface area contributed by atoms with Gasteiger partial charge in [0.2, 0.25) is 0 Å². The zero-order valence-electron chi connectivity index (χ0n) is 11.0. The molecule has 0 radical (unpaired) electrons. The summed E-state index contributed by atoms with van der Waals surface area (Å²) in [5.74, 6) is -0.231. The van der Waals surface area contributed by atoms with E-state index in [4.69, 9.17) is 0 Å². The Morgan fingerprint density at radius 3 is 2.44 bits per heavy atom. The largest absolute Gasteiger partial charge is 0.504 e. The molecule has 1 N–H and O–H groups in total. The number of hydrogen-bond acceptors (Lipinski definition) is 2. The molecular weight excluding hydrogens is 231 g/mol. The zero-order chi connectivity index (χ0) is 13.5. The lowest BCUT2D eigenvalue weighted by molar-refractivity contribution is 0.345. The van der Waals surface area contributed by atoms with Crippen LogP contribution in [0.15, 0.2) is 24.3 Å². The van der Waals surface area contributed by atoms with E-state index in [2.05, 4.69) is 5.10 Å². The fourth-order valence-corrected chi connectivity index (χ4v) is 1.98. The number of rotatable bonds is 1. The summed E-state index contributed by atoms with van der Waals surface area (Å²) in [5.41, 5.74) is 1.45. The van der Waals surface area contributed by atoms with Crippen molar-refractivity contribution in [1.82, 2.24) is 9.78 Å². The van der Waals surface area contributed by atoms with Crippen LogP contribution in [-0.2, 0) is 5.54 Å². The molecule has 0 saturated carbocycles. The predicted octanol–water partition coefficient (Wildman–Crippen LogP) is 3.46. The van der Waals surface area contributed by atoms with Crippen molar-refractivity contribution < 1.29 is 9.50 Å². The standard InChI is InChI=1S/C14H17FN2O/c1-9-13(18)12(16-17(9)14(2,3)4)10-6-5-7-11(15)8-10/h5-8,18H,1-4H3. The SMILES string of the molecule is Cc1c(O)c(-c2cccc(F)c2)nn1C(C)(C)C. The second-order valence-electron chi connectivity index (χ2n) is 5.38. The van der Waals surface area contributed by atoms with Crippen LogP contribution in [0.5, 0.6) is 5.75 Å². The molecule has 1 aromatic heterocycles. The van der Waals surface area contributed by atoms with Gasteiger partial charge in [0.05, 0.1) is 11.2 Å². The van der Waals surface area contributed by atoms with Crippen molar-refractivity contribution in [2.24, 2.45) is 0 Å². The van der Waals surface area contributed by atoms with E-state index in [1.54, 1.807) is 23.7 Å². The summed E-state index contributed by atoms with van der Waals surface area (Å²) in [4.78, 5) is 0. The molecule has 18 heavy (non-hydrogen) atoms. The molecule has 0 aliphatic carbocycles. The second-order valence-corrected chi connectivity index (χ2v) is 5.38. The van der Waals surface area contributed by atoms with Gasteiger partial charge < -0.3 is 5.11 Å². The summed E-state index contributed by atoms with van der Waals surface area (Å²) in [6.07, 6.45) is 0. The van der Waals surface area contributed by atoms with E-state index in [1.807, 2.05) is 20.8 Å². The molecule has 0 unspecified atom stereocenters. The summed E-state index contributed by atoms with van der Waals surface area (Å²) in [6, 6.07) is 6.08. The summed E-state index contributed by atoms with van der Waals surface area (Å²) in [5, 5.41) is 14.5. The molecule has 0 bridgehead atoms. The number of hydrogen-bond donors (Lipinski definition) is 1. The monoisotopic (exact) mass is 248 g/mol. The Balaban J connectivity index is 2.60. The smallest absolute Gasteiger partial charge is 0.164 e. The molecule has 96 valence electrons. The van der Waals surface area contributed by atoms with E-state index in [0.717, 1.165) is 0 Å².